The number of likely N-dealkylation sites (tertiary alicyclic amines) is 1. The van der Waals surface area contributed by atoms with Crippen LogP contribution in [-0.2, 0) is 16.1 Å². The van der Waals surface area contributed by atoms with Crippen molar-refractivity contribution < 1.29 is 24.2 Å². The number of hydrogen-bond acceptors (Lipinski definition) is 6. The summed E-state index contributed by atoms with van der Waals surface area (Å²) in [5.41, 5.74) is 1.11. The number of rotatable bonds is 6. The molecular weight excluding hydrogens is 479 g/mol. The standard InChI is InChI=1S/C25H20Cl2N2O5/c1-33-18-7-5-8-19(34-2)20(18)23(30)21-22(14-9-10-16(26)17(27)12-14)29(25(32)24(21)31)13-15-6-3-4-11-28-15/h3-12,22,30H,13H2,1-2H3/b23-21+. The number of carbonyl (C=O) groups is 2. The molecule has 0 aliphatic carbocycles. The van der Waals surface area contributed by atoms with E-state index in [-0.39, 0.29) is 34.2 Å². The van der Waals surface area contributed by atoms with Crippen molar-refractivity contribution in [3.8, 4) is 11.5 Å². The van der Waals surface area contributed by atoms with Crippen LogP contribution in [-0.4, -0.2) is 40.9 Å². The Hall–Kier alpha value is -3.55. The van der Waals surface area contributed by atoms with E-state index >= 15 is 0 Å². The van der Waals surface area contributed by atoms with Crippen LogP contribution >= 0.6 is 23.2 Å². The summed E-state index contributed by atoms with van der Waals surface area (Å²) in [6.45, 7) is 0.0379. The molecule has 174 valence electrons. The van der Waals surface area contributed by atoms with Crippen LogP contribution in [0.3, 0.4) is 0 Å². The third-order valence-corrected chi connectivity index (χ3v) is 6.26. The molecule has 1 saturated heterocycles. The molecule has 4 rings (SSSR count). The molecule has 1 N–H and O–H groups in total. The Kier molecular flexibility index (Phi) is 6.77. The maximum atomic E-state index is 13.3. The number of Topliss-reactive ketones (excluding diaryl/α,β-unsaturated/α-hetero) is 1. The first-order valence-electron chi connectivity index (χ1n) is 10.2. The molecule has 0 spiro atoms. The van der Waals surface area contributed by atoms with Gasteiger partial charge in [-0.05, 0) is 42.0 Å². The number of aliphatic hydroxyl groups is 1. The normalized spacial score (nSPS) is 17.2. The van der Waals surface area contributed by atoms with Gasteiger partial charge in [0, 0.05) is 6.20 Å². The molecule has 1 atom stereocenters. The van der Waals surface area contributed by atoms with Gasteiger partial charge < -0.3 is 19.5 Å². The number of benzene rings is 2. The summed E-state index contributed by atoms with van der Waals surface area (Å²) in [7, 11) is 2.86. The van der Waals surface area contributed by atoms with E-state index in [0.717, 1.165) is 0 Å². The minimum atomic E-state index is -0.952. The molecule has 1 amide bonds. The molecule has 0 bridgehead atoms. The number of pyridine rings is 1. The van der Waals surface area contributed by atoms with Crippen LogP contribution in [0, 0.1) is 0 Å². The fraction of sp³-hybridized carbons (Fsp3) is 0.160. The number of amides is 1. The summed E-state index contributed by atoms with van der Waals surface area (Å²) < 4.78 is 10.8. The van der Waals surface area contributed by atoms with Gasteiger partial charge in [0.05, 0.1) is 48.1 Å². The van der Waals surface area contributed by atoms with Crippen LogP contribution in [0.5, 0.6) is 11.5 Å². The zero-order valence-corrected chi connectivity index (χ0v) is 19.8. The molecule has 0 radical (unpaired) electrons. The number of ketones is 1. The van der Waals surface area contributed by atoms with E-state index in [9.17, 15) is 14.7 Å². The highest BCUT2D eigenvalue weighted by molar-refractivity contribution is 6.47. The molecule has 1 aliphatic heterocycles. The zero-order chi connectivity index (χ0) is 24.4. The average Bonchev–Trinajstić information content (AvgIpc) is 3.10. The lowest BCUT2D eigenvalue weighted by Crippen LogP contribution is -2.29. The predicted octanol–water partition coefficient (Wildman–Crippen LogP) is 5.03. The van der Waals surface area contributed by atoms with E-state index in [1.165, 1.54) is 19.1 Å². The number of carbonyl (C=O) groups excluding carboxylic acids is 2. The lowest BCUT2D eigenvalue weighted by Gasteiger charge is -2.25. The monoisotopic (exact) mass is 498 g/mol. The van der Waals surface area contributed by atoms with Crippen molar-refractivity contribution in [2.75, 3.05) is 14.2 Å². The van der Waals surface area contributed by atoms with E-state index < -0.39 is 23.5 Å². The Bertz CT molecular complexity index is 1270. The fourth-order valence-electron chi connectivity index (χ4n) is 3.96. The summed E-state index contributed by atoms with van der Waals surface area (Å²) in [6, 6.07) is 14.1. The van der Waals surface area contributed by atoms with Crippen molar-refractivity contribution in [1.29, 1.82) is 0 Å². The smallest absolute Gasteiger partial charge is 0.296 e. The first kappa shape index (κ1) is 23.6. The van der Waals surface area contributed by atoms with Gasteiger partial charge in [-0.1, -0.05) is 41.4 Å². The number of hydrogen-bond donors (Lipinski definition) is 1. The van der Waals surface area contributed by atoms with Gasteiger partial charge in [0.2, 0.25) is 0 Å². The number of ether oxygens (including phenoxy) is 2. The minimum Gasteiger partial charge on any atom is -0.506 e. The van der Waals surface area contributed by atoms with Crippen LogP contribution in [0.15, 0.2) is 66.4 Å². The third kappa shape index (κ3) is 4.20. The van der Waals surface area contributed by atoms with Gasteiger partial charge in [-0.3, -0.25) is 14.6 Å². The molecule has 0 saturated carbocycles. The summed E-state index contributed by atoms with van der Waals surface area (Å²) in [6.07, 6.45) is 1.60. The van der Waals surface area contributed by atoms with E-state index in [4.69, 9.17) is 32.7 Å². The molecule has 1 unspecified atom stereocenters. The van der Waals surface area contributed by atoms with Gasteiger partial charge >= 0.3 is 0 Å². The highest BCUT2D eigenvalue weighted by Crippen LogP contribution is 2.44. The van der Waals surface area contributed by atoms with Crippen molar-refractivity contribution in [2.24, 2.45) is 0 Å². The topological polar surface area (TPSA) is 89.0 Å². The molecule has 1 fully saturated rings. The first-order chi connectivity index (χ1) is 16.4. The maximum absolute atomic E-state index is 13.3. The SMILES string of the molecule is COc1cccc(OC)c1/C(O)=C1\C(=O)C(=O)N(Cc2ccccn2)C1c1ccc(Cl)c(Cl)c1. The summed E-state index contributed by atoms with van der Waals surface area (Å²) in [4.78, 5) is 32.1. The molecule has 34 heavy (non-hydrogen) atoms. The van der Waals surface area contributed by atoms with E-state index in [2.05, 4.69) is 4.98 Å². The Morgan fingerprint density at radius 2 is 1.71 bits per heavy atom. The second kappa shape index (κ2) is 9.75. The van der Waals surface area contributed by atoms with Crippen LogP contribution in [0.1, 0.15) is 22.9 Å². The molecule has 2 aromatic carbocycles. The first-order valence-corrected chi connectivity index (χ1v) is 11.0. The molecule has 3 aromatic rings. The number of nitrogens with zero attached hydrogens (tertiary/aromatic N) is 2. The van der Waals surface area contributed by atoms with Gasteiger partial charge in [-0.15, -0.1) is 0 Å². The largest absolute Gasteiger partial charge is 0.506 e. The molecule has 9 heteroatoms. The van der Waals surface area contributed by atoms with Crippen LogP contribution < -0.4 is 9.47 Å². The van der Waals surface area contributed by atoms with Gasteiger partial charge in [0.15, 0.2) is 0 Å². The lowest BCUT2D eigenvalue weighted by atomic mass is 9.94. The minimum absolute atomic E-state index is 0.0379. The fourth-order valence-corrected chi connectivity index (χ4v) is 4.26. The second-order valence-corrected chi connectivity index (χ2v) is 8.27. The van der Waals surface area contributed by atoms with Crippen molar-refractivity contribution in [3.63, 3.8) is 0 Å². The highest BCUT2D eigenvalue weighted by atomic mass is 35.5. The van der Waals surface area contributed by atoms with Crippen LogP contribution in [0.2, 0.25) is 10.0 Å². The molecule has 7 nitrogen and oxygen atoms in total. The molecule has 2 heterocycles. The Morgan fingerprint density at radius 3 is 2.29 bits per heavy atom. The average molecular weight is 499 g/mol. The van der Waals surface area contributed by atoms with Gasteiger partial charge in [0.1, 0.15) is 22.8 Å². The van der Waals surface area contributed by atoms with E-state index in [0.29, 0.717) is 16.3 Å². The molecule has 1 aliphatic rings. The van der Waals surface area contributed by atoms with Crippen molar-refractivity contribution in [3.05, 3.63) is 93.2 Å². The summed E-state index contributed by atoms with van der Waals surface area (Å²) in [5.74, 6) is -1.50. The van der Waals surface area contributed by atoms with Crippen LogP contribution in [0.25, 0.3) is 5.76 Å². The third-order valence-electron chi connectivity index (χ3n) is 5.52. The Balaban J connectivity index is 1.96. The zero-order valence-electron chi connectivity index (χ0n) is 18.3. The van der Waals surface area contributed by atoms with Gasteiger partial charge in [-0.25, -0.2) is 0 Å². The van der Waals surface area contributed by atoms with Gasteiger partial charge in [-0.2, -0.15) is 0 Å². The Labute approximate surface area is 206 Å². The van der Waals surface area contributed by atoms with Crippen LogP contribution in [0.4, 0.5) is 0 Å². The quantitative estimate of drug-likeness (QED) is 0.291. The highest BCUT2D eigenvalue weighted by Gasteiger charge is 2.47. The van der Waals surface area contributed by atoms with E-state index in [1.54, 1.807) is 60.8 Å². The second-order valence-electron chi connectivity index (χ2n) is 7.46. The van der Waals surface area contributed by atoms with Gasteiger partial charge in [0.25, 0.3) is 11.7 Å². The number of aliphatic hydroxyl groups excluding tert-OH is 1. The summed E-state index contributed by atoms with van der Waals surface area (Å²) in [5, 5.41) is 12.0. The van der Waals surface area contributed by atoms with Crippen molar-refractivity contribution in [1.82, 2.24) is 9.88 Å². The van der Waals surface area contributed by atoms with Crippen molar-refractivity contribution in [2.45, 2.75) is 12.6 Å². The molecular formula is C25H20Cl2N2O5. The Morgan fingerprint density at radius 1 is 1.00 bits per heavy atom. The predicted molar refractivity (Wildman–Crippen MR) is 128 cm³/mol. The van der Waals surface area contributed by atoms with Crippen molar-refractivity contribution >= 4 is 40.7 Å². The number of methoxy groups -OCH3 is 2. The number of halogens is 2. The lowest BCUT2D eigenvalue weighted by molar-refractivity contribution is -0.140. The maximum Gasteiger partial charge on any atom is 0.296 e. The number of aromatic nitrogens is 1. The van der Waals surface area contributed by atoms with E-state index in [1.807, 2.05) is 0 Å². The summed E-state index contributed by atoms with van der Waals surface area (Å²) >= 11 is 12.4. The molecule has 1 aromatic heterocycles.